The number of carbonyl (C=O) groups excluding carboxylic acids is 3. The van der Waals surface area contributed by atoms with Crippen LogP contribution >= 0.6 is 0 Å². The first-order valence-electron chi connectivity index (χ1n) is 8.61. The van der Waals surface area contributed by atoms with Crippen LogP contribution in [0.2, 0.25) is 0 Å². The predicted octanol–water partition coefficient (Wildman–Crippen LogP) is 0.0132. The average Bonchev–Trinajstić information content (AvgIpc) is 2.95. The lowest BCUT2D eigenvalue weighted by molar-refractivity contribution is -0.146. The van der Waals surface area contributed by atoms with Crippen LogP contribution in [-0.4, -0.2) is 76.8 Å². The molecule has 0 aromatic heterocycles. The van der Waals surface area contributed by atoms with Crippen molar-refractivity contribution in [1.82, 2.24) is 14.7 Å². The number of aliphatic hydroxyl groups excluding tert-OH is 1. The van der Waals surface area contributed by atoms with Gasteiger partial charge in [-0.05, 0) is 5.56 Å². The van der Waals surface area contributed by atoms with E-state index in [9.17, 15) is 19.5 Å². The van der Waals surface area contributed by atoms with Crippen LogP contribution in [0.1, 0.15) is 24.5 Å². The standard InChI is InChI=1S/C18H23N3O4/c22-15(14-4-2-1-3-5-14)12-19-8-10-20(11-9-19)18(25)13-21-16(23)6-7-17(21)24/h1-5,15,22H,6-13H2. The van der Waals surface area contributed by atoms with E-state index in [4.69, 9.17) is 0 Å². The first-order chi connectivity index (χ1) is 12.0. The second kappa shape index (κ2) is 7.76. The van der Waals surface area contributed by atoms with E-state index >= 15 is 0 Å². The topological polar surface area (TPSA) is 81.2 Å². The molecular weight excluding hydrogens is 322 g/mol. The lowest BCUT2D eigenvalue weighted by atomic mass is 10.1. The molecule has 2 fully saturated rings. The fourth-order valence-electron chi connectivity index (χ4n) is 3.24. The van der Waals surface area contributed by atoms with Crippen molar-refractivity contribution in [1.29, 1.82) is 0 Å². The first kappa shape index (κ1) is 17.6. The number of aliphatic hydroxyl groups is 1. The van der Waals surface area contributed by atoms with Gasteiger partial charge >= 0.3 is 0 Å². The van der Waals surface area contributed by atoms with E-state index in [1.165, 1.54) is 0 Å². The highest BCUT2D eigenvalue weighted by Gasteiger charge is 2.32. The maximum Gasteiger partial charge on any atom is 0.242 e. The third kappa shape index (κ3) is 4.24. The van der Waals surface area contributed by atoms with Crippen LogP contribution < -0.4 is 0 Å². The number of amides is 3. The van der Waals surface area contributed by atoms with Crippen molar-refractivity contribution in [3.05, 3.63) is 35.9 Å². The number of likely N-dealkylation sites (tertiary alicyclic amines) is 1. The molecule has 0 bridgehead atoms. The van der Waals surface area contributed by atoms with Crippen molar-refractivity contribution in [3.63, 3.8) is 0 Å². The molecular formula is C18H23N3O4. The van der Waals surface area contributed by atoms with Gasteiger partial charge in [-0.25, -0.2) is 0 Å². The summed E-state index contributed by atoms with van der Waals surface area (Å²) in [5.41, 5.74) is 0.882. The lowest BCUT2D eigenvalue weighted by Gasteiger charge is -2.36. The van der Waals surface area contributed by atoms with Crippen LogP contribution in [0.5, 0.6) is 0 Å². The van der Waals surface area contributed by atoms with Gasteiger partial charge < -0.3 is 10.0 Å². The molecule has 1 N–H and O–H groups in total. The van der Waals surface area contributed by atoms with Gasteiger partial charge in [-0.15, -0.1) is 0 Å². The van der Waals surface area contributed by atoms with Gasteiger partial charge in [0, 0.05) is 45.6 Å². The Hall–Kier alpha value is -2.25. The Morgan fingerprint density at radius 1 is 1.00 bits per heavy atom. The Morgan fingerprint density at radius 3 is 2.20 bits per heavy atom. The van der Waals surface area contributed by atoms with E-state index < -0.39 is 6.10 Å². The lowest BCUT2D eigenvalue weighted by Crippen LogP contribution is -2.52. The molecule has 3 amide bonds. The summed E-state index contributed by atoms with van der Waals surface area (Å²) in [6, 6.07) is 9.51. The number of rotatable bonds is 5. The molecule has 134 valence electrons. The number of hydrogen-bond acceptors (Lipinski definition) is 5. The molecule has 1 unspecified atom stereocenters. The molecule has 1 aromatic carbocycles. The molecule has 7 heteroatoms. The molecule has 0 aliphatic carbocycles. The molecule has 0 radical (unpaired) electrons. The van der Waals surface area contributed by atoms with Crippen LogP contribution in [0.25, 0.3) is 0 Å². The van der Waals surface area contributed by atoms with Crippen LogP contribution in [0.15, 0.2) is 30.3 Å². The van der Waals surface area contributed by atoms with Gasteiger partial charge in [-0.3, -0.25) is 24.2 Å². The molecule has 0 spiro atoms. The summed E-state index contributed by atoms with van der Waals surface area (Å²) in [5, 5.41) is 10.3. The summed E-state index contributed by atoms with van der Waals surface area (Å²) < 4.78 is 0. The minimum absolute atomic E-state index is 0.149. The number of benzene rings is 1. The second-order valence-electron chi connectivity index (χ2n) is 6.48. The molecule has 2 aliphatic heterocycles. The van der Waals surface area contributed by atoms with Crippen LogP contribution in [0, 0.1) is 0 Å². The zero-order valence-electron chi connectivity index (χ0n) is 14.1. The van der Waals surface area contributed by atoms with E-state index in [2.05, 4.69) is 4.90 Å². The number of piperazine rings is 1. The third-order valence-electron chi connectivity index (χ3n) is 4.79. The molecule has 3 rings (SSSR count). The molecule has 25 heavy (non-hydrogen) atoms. The maximum absolute atomic E-state index is 12.3. The second-order valence-corrected chi connectivity index (χ2v) is 6.48. The summed E-state index contributed by atoms with van der Waals surface area (Å²) in [6.07, 6.45) is -0.141. The Balaban J connectivity index is 1.46. The maximum atomic E-state index is 12.3. The molecule has 1 aromatic rings. The molecule has 2 aliphatic rings. The summed E-state index contributed by atoms with van der Waals surface area (Å²) in [5.74, 6) is -0.710. The Morgan fingerprint density at radius 2 is 1.60 bits per heavy atom. The number of β-amino-alcohol motifs (C(OH)–C–C–N with tert-alkyl or cyclic N) is 1. The summed E-state index contributed by atoms with van der Waals surface area (Å²) in [4.78, 5) is 40.4. The van der Waals surface area contributed by atoms with E-state index in [1.54, 1.807) is 4.90 Å². The Bertz CT molecular complexity index is 625. The van der Waals surface area contributed by atoms with Gasteiger partial charge in [0.15, 0.2) is 0 Å². The summed E-state index contributed by atoms with van der Waals surface area (Å²) >= 11 is 0. The van der Waals surface area contributed by atoms with Crippen LogP contribution in [0.3, 0.4) is 0 Å². The first-order valence-corrected chi connectivity index (χ1v) is 8.61. The molecule has 2 heterocycles. The zero-order valence-corrected chi connectivity index (χ0v) is 14.1. The van der Waals surface area contributed by atoms with Crippen molar-refractivity contribution in [2.45, 2.75) is 18.9 Å². The largest absolute Gasteiger partial charge is 0.387 e. The predicted molar refractivity (Wildman–Crippen MR) is 90.4 cm³/mol. The van der Waals surface area contributed by atoms with Crippen molar-refractivity contribution >= 4 is 17.7 Å². The highest BCUT2D eigenvalue weighted by Crippen LogP contribution is 2.16. The number of nitrogens with zero attached hydrogens (tertiary/aromatic N) is 3. The zero-order chi connectivity index (χ0) is 17.8. The van der Waals surface area contributed by atoms with Gasteiger partial charge in [0.25, 0.3) is 0 Å². The summed E-state index contributed by atoms with van der Waals surface area (Å²) in [7, 11) is 0. The van der Waals surface area contributed by atoms with Crippen molar-refractivity contribution < 1.29 is 19.5 Å². The van der Waals surface area contributed by atoms with Gasteiger partial charge in [0.1, 0.15) is 6.54 Å². The van der Waals surface area contributed by atoms with E-state index in [0.717, 1.165) is 10.5 Å². The number of hydrogen-bond donors (Lipinski definition) is 1. The van der Waals surface area contributed by atoms with E-state index in [1.807, 2.05) is 30.3 Å². The molecule has 2 saturated heterocycles. The monoisotopic (exact) mass is 345 g/mol. The summed E-state index contributed by atoms with van der Waals surface area (Å²) in [6.45, 7) is 2.78. The minimum atomic E-state index is -0.553. The fourth-order valence-corrected chi connectivity index (χ4v) is 3.24. The van der Waals surface area contributed by atoms with E-state index in [0.29, 0.717) is 32.7 Å². The third-order valence-corrected chi connectivity index (χ3v) is 4.79. The van der Waals surface area contributed by atoms with Gasteiger partial charge in [0.2, 0.25) is 17.7 Å². The average molecular weight is 345 g/mol. The SMILES string of the molecule is O=C(CN1C(=O)CCC1=O)N1CCN(CC(O)c2ccccc2)CC1. The van der Waals surface area contributed by atoms with Crippen LogP contribution in [-0.2, 0) is 14.4 Å². The van der Waals surface area contributed by atoms with E-state index in [-0.39, 0.29) is 37.1 Å². The minimum Gasteiger partial charge on any atom is -0.387 e. The highest BCUT2D eigenvalue weighted by molar-refractivity contribution is 6.04. The fraction of sp³-hybridized carbons (Fsp3) is 0.500. The molecule has 7 nitrogen and oxygen atoms in total. The Kier molecular flexibility index (Phi) is 5.45. The van der Waals surface area contributed by atoms with Crippen molar-refractivity contribution in [3.8, 4) is 0 Å². The normalized spacial score (nSPS) is 20.2. The highest BCUT2D eigenvalue weighted by atomic mass is 16.3. The van der Waals surface area contributed by atoms with Crippen molar-refractivity contribution in [2.24, 2.45) is 0 Å². The molecule has 0 saturated carbocycles. The Labute approximate surface area is 146 Å². The van der Waals surface area contributed by atoms with Gasteiger partial charge in [-0.1, -0.05) is 30.3 Å². The number of carbonyl (C=O) groups is 3. The van der Waals surface area contributed by atoms with Gasteiger partial charge in [0.05, 0.1) is 6.10 Å². The quantitative estimate of drug-likeness (QED) is 0.761. The van der Waals surface area contributed by atoms with Crippen LogP contribution in [0.4, 0.5) is 0 Å². The van der Waals surface area contributed by atoms with Gasteiger partial charge in [-0.2, -0.15) is 0 Å². The molecule has 1 atom stereocenters. The number of imide groups is 1. The van der Waals surface area contributed by atoms with Crippen molar-refractivity contribution in [2.75, 3.05) is 39.3 Å². The smallest absolute Gasteiger partial charge is 0.242 e.